The number of carbonyl (C=O) groups is 1. The van der Waals surface area contributed by atoms with E-state index in [-0.39, 0.29) is 0 Å². The molecular weight excluding hydrogens is 202 g/mol. The maximum atomic E-state index is 11.5. The highest BCUT2D eigenvalue weighted by molar-refractivity contribution is 5.78. The van der Waals surface area contributed by atoms with Gasteiger partial charge in [0.15, 0.2) is 0 Å². The van der Waals surface area contributed by atoms with Crippen molar-refractivity contribution in [1.82, 2.24) is 4.90 Å². The van der Waals surface area contributed by atoms with Crippen molar-refractivity contribution >= 4 is 5.97 Å². The Balaban J connectivity index is 2.66. The first-order chi connectivity index (χ1) is 7.47. The van der Waals surface area contributed by atoms with Crippen LogP contribution in [-0.2, 0) is 4.79 Å². The minimum absolute atomic E-state index is 0.573. The van der Waals surface area contributed by atoms with Gasteiger partial charge in [0.05, 0.1) is 0 Å². The summed E-state index contributed by atoms with van der Waals surface area (Å²) in [5.41, 5.74) is -0.648. The maximum absolute atomic E-state index is 11.5. The molecule has 1 aliphatic heterocycles. The molecule has 94 valence electrons. The minimum atomic E-state index is -0.657. The molecule has 1 N–H and O–H groups in total. The van der Waals surface area contributed by atoms with E-state index in [9.17, 15) is 9.90 Å². The molecule has 1 saturated heterocycles. The third-order valence-corrected chi connectivity index (χ3v) is 3.72. The van der Waals surface area contributed by atoms with Crippen LogP contribution in [0.25, 0.3) is 0 Å². The summed E-state index contributed by atoms with van der Waals surface area (Å²) in [7, 11) is 0. The van der Waals surface area contributed by atoms with Gasteiger partial charge in [-0.2, -0.15) is 0 Å². The average Bonchev–Trinajstić information content (AvgIpc) is 2.26. The van der Waals surface area contributed by atoms with Gasteiger partial charge in [0.1, 0.15) is 5.54 Å². The van der Waals surface area contributed by atoms with Crippen LogP contribution >= 0.6 is 0 Å². The van der Waals surface area contributed by atoms with Crippen LogP contribution in [0.15, 0.2) is 0 Å². The number of hydrogen-bond donors (Lipinski definition) is 1. The predicted molar refractivity (Wildman–Crippen MR) is 65.5 cm³/mol. The quantitative estimate of drug-likeness (QED) is 0.785. The molecule has 0 aromatic rings. The Morgan fingerprint density at radius 3 is 2.31 bits per heavy atom. The van der Waals surface area contributed by atoms with Gasteiger partial charge in [-0.25, -0.2) is 0 Å². The number of rotatable bonds is 5. The monoisotopic (exact) mass is 227 g/mol. The van der Waals surface area contributed by atoms with Crippen LogP contribution in [0, 0.1) is 5.92 Å². The Morgan fingerprint density at radius 1 is 1.31 bits per heavy atom. The van der Waals surface area contributed by atoms with E-state index in [4.69, 9.17) is 0 Å². The summed E-state index contributed by atoms with van der Waals surface area (Å²) >= 11 is 0. The SMILES string of the molecule is CC(C)CCC(C)(C(=O)O)N1CCCCC1. The van der Waals surface area contributed by atoms with Crippen molar-refractivity contribution in [1.29, 1.82) is 0 Å². The molecule has 16 heavy (non-hydrogen) atoms. The van der Waals surface area contributed by atoms with Gasteiger partial charge in [0.2, 0.25) is 0 Å². The third-order valence-electron chi connectivity index (χ3n) is 3.72. The molecule has 1 rings (SSSR count). The summed E-state index contributed by atoms with van der Waals surface area (Å²) in [4.78, 5) is 13.7. The fourth-order valence-electron chi connectivity index (χ4n) is 2.36. The molecule has 1 heterocycles. The highest BCUT2D eigenvalue weighted by atomic mass is 16.4. The summed E-state index contributed by atoms with van der Waals surface area (Å²) in [5.74, 6) is -0.0847. The summed E-state index contributed by atoms with van der Waals surface area (Å²) in [6, 6.07) is 0. The Labute approximate surface area is 98.8 Å². The summed E-state index contributed by atoms with van der Waals surface area (Å²) in [6.07, 6.45) is 5.28. The van der Waals surface area contributed by atoms with E-state index in [1.54, 1.807) is 0 Å². The molecule has 0 amide bonds. The lowest BCUT2D eigenvalue weighted by molar-refractivity contribution is -0.152. The molecular formula is C13H25NO2. The van der Waals surface area contributed by atoms with E-state index in [1.807, 2.05) is 6.92 Å². The Bertz CT molecular complexity index is 234. The predicted octanol–water partition coefficient (Wildman–Crippen LogP) is 2.75. The van der Waals surface area contributed by atoms with Gasteiger partial charge < -0.3 is 5.11 Å². The summed E-state index contributed by atoms with van der Waals surface area (Å²) in [6.45, 7) is 8.09. The molecule has 1 fully saturated rings. The largest absolute Gasteiger partial charge is 0.480 e. The standard InChI is InChI=1S/C13H25NO2/c1-11(2)7-8-13(3,12(15)16)14-9-5-4-6-10-14/h11H,4-10H2,1-3H3,(H,15,16). The molecule has 0 saturated carbocycles. The van der Waals surface area contributed by atoms with Crippen LogP contribution in [0.5, 0.6) is 0 Å². The average molecular weight is 227 g/mol. The van der Waals surface area contributed by atoms with Gasteiger partial charge in [-0.3, -0.25) is 9.69 Å². The first kappa shape index (κ1) is 13.5. The number of nitrogens with zero attached hydrogens (tertiary/aromatic N) is 1. The van der Waals surface area contributed by atoms with Crippen LogP contribution in [-0.4, -0.2) is 34.6 Å². The molecule has 0 aromatic carbocycles. The van der Waals surface area contributed by atoms with Gasteiger partial charge in [-0.15, -0.1) is 0 Å². The second kappa shape index (κ2) is 5.67. The fourth-order valence-corrected chi connectivity index (χ4v) is 2.36. The lowest BCUT2D eigenvalue weighted by atomic mass is 9.88. The second-order valence-corrected chi connectivity index (χ2v) is 5.56. The van der Waals surface area contributed by atoms with Crippen LogP contribution in [0.2, 0.25) is 0 Å². The first-order valence-electron chi connectivity index (χ1n) is 6.45. The molecule has 3 nitrogen and oxygen atoms in total. The lowest BCUT2D eigenvalue weighted by Gasteiger charge is -2.40. The van der Waals surface area contributed by atoms with Crippen molar-refractivity contribution in [2.24, 2.45) is 5.92 Å². The number of carboxylic acid groups (broad SMARTS) is 1. The van der Waals surface area contributed by atoms with E-state index in [1.165, 1.54) is 6.42 Å². The minimum Gasteiger partial charge on any atom is -0.480 e. The highest BCUT2D eigenvalue weighted by Crippen LogP contribution is 2.27. The topological polar surface area (TPSA) is 40.5 Å². The van der Waals surface area contributed by atoms with Crippen LogP contribution in [0.1, 0.15) is 52.9 Å². The van der Waals surface area contributed by atoms with E-state index in [0.29, 0.717) is 5.92 Å². The zero-order valence-electron chi connectivity index (χ0n) is 10.8. The van der Waals surface area contributed by atoms with Gasteiger partial charge >= 0.3 is 5.97 Å². The van der Waals surface area contributed by atoms with Crippen molar-refractivity contribution in [3.63, 3.8) is 0 Å². The van der Waals surface area contributed by atoms with Crippen LogP contribution in [0.3, 0.4) is 0 Å². The van der Waals surface area contributed by atoms with Crippen molar-refractivity contribution in [3.8, 4) is 0 Å². The van der Waals surface area contributed by atoms with Gasteiger partial charge in [0.25, 0.3) is 0 Å². The van der Waals surface area contributed by atoms with Crippen LogP contribution in [0.4, 0.5) is 0 Å². The molecule has 0 bridgehead atoms. The Morgan fingerprint density at radius 2 is 1.88 bits per heavy atom. The van der Waals surface area contributed by atoms with Gasteiger partial charge in [-0.1, -0.05) is 20.3 Å². The smallest absolute Gasteiger partial charge is 0.323 e. The van der Waals surface area contributed by atoms with E-state index in [0.717, 1.165) is 38.8 Å². The first-order valence-corrected chi connectivity index (χ1v) is 6.45. The van der Waals surface area contributed by atoms with Crippen LogP contribution < -0.4 is 0 Å². The normalized spacial score (nSPS) is 22.0. The maximum Gasteiger partial charge on any atom is 0.323 e. The van der Waals surface area contributed by atoms with Crippen molar-refractivity contribution in [3.05, 3.63) is 0 Å². The molecule has 0 spiro atoms. The van der Waals surface area contributed by atoms with E-state index < -0.39 is 11.5 Å². The fraction of sp³-hybridized carbons (Fsp3) is 0.923. The van der Waals surface area contributed by atoms with Crippen molar-refractivity contribution in [2.75, 3.05) is 13.1 Å². The molecule has 0 radical (unpaired) electrons. The molecule has 1 atom stereocenters. The summed E-state index contributed by atoms with van der Waals surface area (Å²) in [5, 5.41) is 9.46. The van der Waals surface area contributed by atoms with Crippen molar-refractivity contribution in [2.45, 2.75) is 58.4 Å². The van der Waals surface area contributed by atoms with E-state index in [2.05, 4.69) is 18.7 Å². The molecule has 0 aliphatic carbocycles. The third kappa shape index (κ3) is 3.21. The zero-order valence-corrected chi connectivity index (χ0v) is 10.8. The highest BCUT2D eigenvalue weighted by Gasteiger charge is 2.39. The van der Waals surface area contributed by atoms with E-state index >= 15 is 0 Å². The Hall–Kier alpha value is -0.570. The number of piperidine rings is 1. The molecule has 1 aliphatic rings. The number of carboxylic acids is 1. The molecule has 1 unspecified atom stereocenters. The second-order valence-electron chi connectivity index (χ2n) is 5.56. The van der Waals surface area contributed by atoms with Crippen molar-refractivity contribution < 1.29 is 9.90 Å². The van der Waals surface area contributed by atoms with Gasteiger partial charge in [0, 0.05) is 0 Å². The lowest BCUT2D eigenvalue weighted by Crippen LogP contribution is -2.54. The Kier molecular flexibility index (Phi) is 4.78. The number of aliphatic carboxylic acids is 1. The zero-order chi connectivity index (χ0) is 12.2. The number of likely N-dealkylation sites (tertiary alicyclic amines) is 1. The molecule has 3 heteroatoms. The molecule has 0 aromatic heterocycles. The number of hydrogen-bond acceptors (Lipinski definition) is 2. The van der Waals surface area contributed by atoms with Gasteiger partial charge in [-0.05, 0) is 51.6 Å². The summed E-state index contributed by atoms with van der Waals surface area (Å²) < 4.78 is 0.